The number of nitrogens with zero attached hydrogens (tertiary/aromatic N) is 9. The van der Waals surface area contributed by atoms with Gasteiger partial charge in [-0.05, 0) is 43.5 Å². The third-order valence-electron chi connectivity index (χ3n) is 11.5. The Morgan fingerprint density at radius 3 is 2.71 bits per heavy atom. The highest BCUT2D eigenvalue weighted by Crippen LogP contribution is 2.52. The van der Waals surface area contributed by atoms with E-state index in [0.717, 1.165) is 45.8 Å². The van der Waals surface area contributed by atoms with Gasteiger partial charge in [0.05, 0.1) is 33.6 Å². The fourth-order valence-electron chi connectivity index (χ4n) is 8.84. The smallest absolute Gasteiger partial charge is 0.330 e. The van der Waals surface area contributed by atoms with E-state index in [1.807, 2.05) is 11.0 Å². The molecule has 3 aromatic heterocycles. The van der Waals surface area contributed by atoms with Crippen LogP contribution < -0.4 is 15.4 Å². The van der Waals surface area contributed by atoms with Crippen molar-refractivity contribution in [2.45, 2.75) is 48.9 Å². The number of carbonyl (C=O) groups is 1. The Kier molecular flexibility index (Phi) is 7.95. The van der Waals surface area contributed by atoms with Gasteiger partial charge in [0, 0.05) is 42.4 Å². The van der Waals surface area contributed by atoms with Gasteiger partial charge in [0.2, 0.25) is 0 Å². The molecule has 3 atom stereocenters. The minimum absolute atomic E-state index is 0.00559. The molecule has 4 aliphatic rings. The molecule has 12 nitrogen and oxygen atoms in total. The van der Waals surface area contributed by atoms with Crippen LogP contribution >= 0.6 is 22.9 Å². The molecule has 1 amide bonds. The molecule has 2 aromatic carbocycles. The molecule has 1 spiro atoms. The van der Waals surface area contributed by atoms with Crippen LogP contribution in [0.2, 0.25) is 5.02 Å². The molecule has 7 heterocycles. The number of thiophene rings is 1. The summed E-state index contributed by atoms with van der Waals surface area (Å²) < 4.78 is 85.3. The average Bonchev–Trinajstić information content (AvgIpc) is 3.99. The molecule has 4 fully saturated rings. The molecule has 0 saturated carbocycles. The van der Waals surface area contributed by atoms with Gasteiger partial charge in [-0.1, -0.05) is 17.7 Å². The zero-order valence-electron chi connectivity index (χ0n) is 28.6. The Labute approximate surface area is 318 Å². The van der Waals surface area contributed by atoms with Crippen molar-refractivity contribution in [3.05, 3.63) is 58.6 Å². The Bertz CT molecular complexity index is 2550. The van der Waals surface area contributed by atoms with E-state index in [2.05, 4.69) is 15.0 Å². The van der Waals surface area contributed by atoms with Crippen molar-refractivity contribution in [3.63, 3.8) is 0 Å². The first kappa shape index (κ1) is 35.4. The lowest BCUT2D eigenvalue weighted by molar-refractivity contribution is -0.213. The van der Waals surface area contributed by atoms with Gasteiger partial charge in [-0.15, -0.1) is 11.3 Å². The predicted octanol–water partition coefficient (Wildman–Crippen LogP) is 6.49. The fourth-order valence-corrected chi connectivity index (χ4v) is 10.1. The Hall–Kier alpha value is -5.30. The van der Waals surface area contributed by atoms with Crippen LogP contribution in [0.4, 0.5) is 37.6 Å². The monoisotopic (exact) mass is 794 g/mol. The molecule has 5 aromatic rings. The topological polar surface area (TPSA) is 153 Å². The molecule has 4 saturated heterocycles. The number of hydrogen-bond donors (Lipinski definition) is 1. The van der Waals surface area contributed by atoms with Crippen LogP contribution in [-0.4, -0.2) is 97.9 Å². The molecule has 19 heteroatoms. The number of fused-ring (bicyclic) bond motifs is 3. The number of nitrogen functional groups attached to an aromatic ring is 1. The third-order valence-corrected chi connectivity index (χ3v) is 12.8. The first-order valence-electron chi connectivity index (χ1n) is 17.3. The lowest BCUT2D eigenvalue weighted by atomic mass is 9.80. The number of nitrogens with two attached hydrogens (primary N) is 1. The molecular formula is C36H28ClF5N10O2S. The number of aromatic nitrogens is 4. The van der Waals surface area contributed by atoms with Gasteiger partial charge in [-0.25, -0.2) is 31.7 Å². The SMILES string of the molecule is N#Cc1cn(C(=O)N2CC(F)(F)C23CCN(c2nc(OC[C@@]45CCCN4C[C@H](F)C5)nc4c(F)c(-c5ccc(F)c6sc(N)c(C#N)c56)c(Cl)cc24)C3)cn1. The maximum absolute atomic E-state index is 17.2. The van der Waals surface area contributed by atoms with E-state index in [-0.39, 0.29) is 97.8 Å². The second-order valence-corrected chi connectivity index (χ2v) is 15.9. The van der Waals surface area contributed by atoms with E-state index in [0.29, 0.717) is 13.0 Å². The molecule has 2 N–H and O–H groups in total. The highest BCUT2D eigenvalue weighted by atomic mass is 35.5. The van der Waals surface area contributed by atoms with Gasteiger partial charge in [0.25, 0.3) is 5.92 Å². The largest absolute Gasteiger partial charge is 0.461 e. The van der Waals surface area contributed by atoms with E-state index in [9.17, 15) is 24.1 Å². The average molecular weight is 795 g/mol. The molecule has 282 valence electrons. The van der Waals surface area contributed by atoms with E-state index in [1.54, 1.807) is 6.07 Å². The number of carbonyl (C=O) groups excluding carboxylic acids is 1. The van der Waals surface area contributed by atoms with Crippen LogP contribution in [-0.2, 0) is 0 Å². The normalized spacial score (nSPS) is 24.4. The van der Waals surface area contributed by atoms with E-state index in [1.165, 1.54) is 17.0 Å². The zero-order valence-corrected chi connectivity index (χ0v) is 30.2. The second-order valence-electron chi connectivity index (χ2n) is 14.4. The highest BCUT2D eigenvalue weighted by molar-refractivity contribution is 7.23. The van der Waals surface area contributed by atoms with Gasteiger partial charge in [-0.2, -0.15) is 20.5 Å². The van der Waals surface area contributed by atoms with Crippen molar-refractivity contribution in [1.29, 1.82) is 10.5 Å². The van der Waals surface area contributed by atoms with Crippen molar-refractivity contribution in [2.75, 3.05) is 50.0 Å². The number of ether oxygens (including phenoxy) is 1. The third kappa shape index (κ3) is 5.14. The summed E-state index contributed by atoms with van der Waals surface area (Å²) in [7, 11) is 0. The second kappa shape index (κ2) is 12.4. The molecule has 0 bridgehead atoms. The quantitative estimate of drug-likeness (QED) is 0.196. The molecule has 1 unspecified atom stereocenters. The predicted molar refractivity (Wildman–Crippen MR) is 192 cm³/mol. The first-order valence-corrected chi connectivity index (χ1v) is 18.5. The van der Waals surface area contributed by atoms with Crippen LogP contribution in [0.25, 0.3) is 32.1 Å². The number of nitriles is 2. The number of anilines is 2. The lowest BCUT2D eigenvalue weighted by Crippen LogP contribution is -2.77. The Morgan fingerprint density at radius 1 is 1.15 bits per heavy atom. The van der Waals surface area contributed by atoms with Gasteiger partial charge in [-0.3, -0.25) is 9.47 Å². The highest BCUT2D eigenvalue weighted by Gasteiger charge is 2.71. The van der Waals surface area contributed by atoms with Gasteiger partial charge in [0.1, 0.15) is 58.9 Å². The van der Waals surface area contributed by atoms with Crippen molar-refractivity contribution in [2.24, 2.45) is 0 Å². The summed E-state index contributed by atoms with van der Waals surface area (Å²) in [6.07, 6.45) is 2.71. The number of alkyl halides is 3. The van der Waals surface area contributed by atoms with Crippen LogP contribution in [0, 0.1) is 34.3 Å². The van der Waals surface area contributed by atoms with Gasteiger partial charge >= 0.3 is 12.0 Å². The molecule has 0 aliphatic carbocycles. The first-order chi connectivity index (χ1) is 26.3. The van der Waals surface area contributed by atoms with Crippen LogP contribution in [0.15, 0.2) is 30.7 Å². The number of amides is 1. The minimum Gasteiger partial charge on any atom is -0.461 e. The lowest BCUT2D eigenvalue weighted by Gasteiger charge is -2.55. The van der Waals surface area contributed by atoms with Crippen molar-refractivity contribution in [3.8, 4) is 29.3 Å². The van der Waals surface area contributed by atoms with E-state index in [4.69, 9.17) is 22.1 Å². The summed E-state index contributed by atoms with van der Waals surface area (Å²) in [5.41, 5.74) is 2.89. The van der Waals surface area contributed by atoms with Crippen LogP contribution in [0.5, 0.6) is 6.01 Å². The summed E-state index contributed by atoms with van der Waals surface area (Å²) in [4.78, 5) is 30.9. The number of halogens is 6. The standard InChI is InChI=1S/C36H28ClF5N10O2S/c37-23-8-21-28(27(40)26(23)20-2-3-24(39)29-25(20)22(11-44)30(45)55-29)47-32(54-16-34-4-1-6-51(34)12-18(38)9-34)48-31(21)49-7-5-35(14-49)36(41,42)15-52(35)33(53)50-13-19(10-43)46-17-50/h2-3,8,13,17-18H,1,4-7,9,12,14-16,45H2/t18-,34+,35?/m1/s1. The van der Waals surface area contributed by atoms with Crippen molar-refractivity contribution in [1.82, 2.24) is 29.3 Å². The number of benzene rings is 2. The number of hydrogen-bond acceptors (Lipinski definition) is 11. The molecule has 9 rings (SSSR count). The Balaban J connectivity index is 1.16. The van der Waals surface area contributed by atoms with Crippen LogP contribution in [0.3, 0.4) is 0 Å². The number of likely N-dealkylation sites (tertiary alicyclic amines) is 1. The summed E-state index contributed by atoms with van der Waals surface area (Å²) in [5, 5.41) is 19.0. The summed E-state index contributed by atoms with van der Waals surface area (Å²) in [5.74, 6) is -4.96. The van der Waals surface area contributed by atoms with E-state index < -0.39 is 53.9 Å². The number of rotatable bonds is 5. The Morgan fingerprint density at radius 2 is 1.96 bits per heavy atom. The zero-order chi connectivity index (χ0) is 38.6. The van der Waals surface area contributed by atoms with Gasteiger partial charge < -0.3 is 20.3 Å². The molecular weight excluding hydrogens is 767 g/mol. The molecule has 55 heavy (non-hydrogen) atoms. The molecule has 0 radical (unpaired) electrons. The summed E-state index contributed by atoms with van der Waals surface area (Å²) >= 11 is 7.65. The number of imidazole rings is 1. The van der Waals surface area contributed by atoms with Crippen LogP contribution in [0.1, 0.15) is 36.9 Å². The fraction of sp³-hybridized carbons (Fsp3) is 0.389. The summed E-state index contributed by atoms with van der Waals surface area (Å²) in [6, 6.07) is 6.45. The van der Waals surface area contributed by atoms with Gasteiger partial charge in [0.15, 0.2) is 11.5 Å². The maximum Gasteiger partial charge on any atom is 0.330 e. The summed E-state index contributed by atoms with van der Waals surface area (Å²) in [6.45, 7) is -0.413. The van der Waals surface area contributed by atoms with Crippen molar-refractivity contribution < 1.29 is 31.5 Å². The van der Waals surface area contributed by atoms with Crippen molar-refractivity contribution >= 4 is 60.8 Å². The maximum atomic E-state index is 17.2. The van der Waals surface area contributed by atoms with E-state index >= 15 is 13.2 Å². The molecule has 4 aliphatic heterocycles. The minimum atomic E-state index is -3.32.